The normalized spacial score (nSPS) is 26.4. The van der Waals surface area contributed by atoms with Crippen LogP contribution in [0.15, 0.2) is 30.0 Å². The molecule has 1 aromatic carbocycles. The number of carbonyl (C=O) groups is 1. The average Bonchev–Trinajstić information content (AvgIpc) is 3.11. The number of hydrogen-bond acceptors (Lipinski definition) is 5. The third-order valence-corrected chi connectivity index (χ3v) is 6.43. The number of carbonyl (C=O) groups excluding carboxylic acids is 1. The van der Waals surface area contributed by atoms with Gasteiger partial charge < -0.3 is 24.5 Å². The van der Waals surface area contributed by atoms with E-state index in [1.807, 2.05) is 6.07 Å². The number of esters is 1. The number of methoxy groups -OCH3 is 2. The lowest BCUT2D eigenvalue weighted by Gasteiger charge is -2.42. The molecular weight excluding hydrogens is 368 g/mol. The summed E-state index contributed by atoms with van der Waals surface area (Å²) in [4.78, 5) is 16.0. The first-order chi connectivity index (χ1) is 14.1. The van der Waals surface area contributed by atoms with Gasteiger partial charge >= 0.3 is 5.97 Å². The van der Waals surface area contributed by atoms with Crippen LogP contribution in [-0.4, -0.2) is 37.8 Å². The molecule has 29 heavy (non-hydrogen) atoms. The molecule has 1 saturated heterocycles. The summed E-state index contributed by atoms with van der Waals surface area (Å²) in [7, 11) is 3.12. The number of hydrogen-bond donors (Lipinski definition) is 2. The first-order valence-corrected chi connectivity index (χ1v) is 10.4. The molecule has 1 aromatic heterocycles. The van der Waals surface area contributed by atoms with E-state index < -0.39 is 0 Å². The molecule has 0 amide bonds. The topological polar surface area (TPSA) is 72.6 Å². The number of aromatic amines is 1. The molecule has 1 unspecified atom stereocenters. The highest BCUT2D eigenvalue weighted by Crippen LogP contribution is 2.42. The first-order valence-electron chi connectivity index (χ1n) is 10.4. The van der Waals surface area contributed by atoms with Crippen molar-refractivity contribution in [2.75, 3.05) is 20.8 Å². The quantitative estimate of drug-likeness (QED) is 0.748. The summed E-state index contributed by atoms with van der Waals surface area (Å²) in [6.07, 6.45) is 4.60. The zero-order chi connectivity index (χ0) is 20.5. The van der Waals surface area contributed by atoms with E-state index in [2.05, 4.69) is 36.3 Å². The molecule has 0 radical (unpaired) electrons. The fourth-order valence-corrected chi connectivity index (χ4v) is 4.89. The minimum Gasteiger partial charge on any atom is -0.497 e. The molecule has 3 heterocycles. The van der Waals surface area contributed by atoms with E-state index in [-0.39, 0.29) is 30.0 Å². The molecule has 0 spiro atoms. The molecule has 0 saturated carbocycles. The van der Waals surface area contributed by atoms with Crippen LogP contribution in [0.5, 0.6) is 5.75 Å². The van der Waals surface area contributed by atoms with Gasteiger partial charge in [0.1, 0.15) is 5.75 Å². The Morgan fingerprint density at radius 1 is 1.31 bits per heavy atom. The van der Waals surface area contributed by atoms with Crippen molar-refractivity contribution in [1.82, 2.24) is 10.3 Å². The highest BCUT2D eigenvalue weighted by Gasteiger charge is 2.42. The smallest absolute Gasteiger partial charge is 0.337 e. The molecule has 2 aromatic rings. The predicted molar refractivity (Wildman–Crippen MR) is 112 cm³/mol. The summed E-state index contributed by atoms with van der Waals surface area (Å²) in [6.45, 7) is 5.08. The van der Waals surface area contributed by atoms with Gasteiger partial charge in [-0.2, -0.15) is 0 Å². The van der Waals surface area contributed by atoms with Crippen LogP contribution in [0.4, 0.5) is 0 Å². The zero-order valence-electron chi connectivity index (χ0n) is 17.6. The minimum atomic E-state index is -0.289. The van der Waals surface area contributed by atoms with E-state index in [1.165, 1.54) is 23.8 Å². The van der Waals surface area contributed by atoms with E-state index in [9.17, 15) is 4.79 Å². The molecule has 2 aliphatic heterocycles. The summed E-state index contributed by atoms with van der Waals surface area (Å²) >= 11 is 0. The van der Waals surface area contributed by atoms with Crippen LogP contribution >= 0.6 is 0 Å². The van der Waals surface area contributed by atoms with Crippen LogP contribution in [0.3, 0.4) is 0 Å². The number of piperidine rings is 1. The Kier molecular flexibility index (Phi) is 5.54. The monoisotopic (exact) mass is 398 g/mol. The molecule has 2 aliphatic rings. The van der Waals surface area contributed by atoms with Crippen LogP contribution in [0.1, 0.15) is 44.0 Å². The molecule has 6 heteroatoms. The second-order valence-electron chi connectivity index (χ2n) is 8.05. The van der Waals surface area contributed by atoms with E-state index in [4.69, 9.17) is 14.2 Å². The van der Waals surface area contributed by atoms with Gasteiger partial charge in [0.25, 0.3) is 0 Å². The maximum Gasteiger partial charge on any atom is 0.337 e. The second-order valence-corrected chi connectivity index (χ2v) is 8.05. The molecule has 0 bridgehead atoms. The standard InChI is InChI=1S/C23H30N2O4/c1-5-6-16-15-8-7-14(27-3)9-20(15)25-22(16)21-10-17-18(11-24-21)13(2)29-12-19(17)23(26)28-4/h7-9,12-13,17-18,21,24-25H,5-6,10-11H2,1-4H3/t13-,17-,18?,21-/m1/s1. The highest BCUT2D eigenvalue weighted by atomic mass is 16.5. The van der Waals surface area contributed by atoms with Crippen molar-refractivity contribution in [2.45, 2.75) is 45.3 Å². The Labute approximate surface area is 171 Å². The van der Waals surface area contributed by atoms with E-state index >= 15 is 0 Å². The van der Waals surface area contributed by atoms with Crippen molar-refractivity contribution in [2.24, 2.45) is 11.8 Å². The lowest BCUT2D eigenvalue weighted by Crippen LogP contribution is -2.47. The number of fused-ring (bicyclic) bond motifs is 2. The zero-order valence-corrected chi connectivity index (χ0v) is 17.6. The summed E-state index contributed by atoms with van der Waals surface area (Å²) in [6, 6.07) is 6.36. The van der Waals surface area contributed by atoms with E-state index in [1.54, 1.807) is 13.4 Å². The molecule has 0 aliphatic carbocycles. The molecule has 1 fully saturated rings. The van der Waals surface area contributed by atoms with Crippen molar-refractivity contribution < 1.29 is 19.0 Å². The van der Waals surface area contributed by atoms with Gasteiger partial charge in [-0.05, 0) is 37.5 Å². The predicted octanol–water partition coefficient (Wildman–Crippen LogP) is 3.87. The molecule has 156 valence electrons. The number of aryl methyl sites for hydroxylation is 1. The van der Waals surface area contributed by atoms with Gasteiger partial charge in [0, 0.05) is 47.1 Å². The van der Waals surface area contributed by atoms with Gasteiger partial charge in [0.2, 0.25) is 0 Å². The number of nitrogens with one attached hydrogen (secondary N) is 2. The Morgan fingerprint density at radius 3 is 2.86 bits per heavy atom. The lowest BCUT2D eigenvalue weighted by atomic mass is 9.74. The van der Waals surface area contributed by atoms with Crippen molar-refractivity contribution >= 4 is 16.9 Å². The summed E-state index contributed by atoms with van der Waals surface area (Å²) in [5, 5.41) is 4.96. The number of ether oxygens (including phenoxy) is 3. The van der Waals surface area contributed by atoms with Crippen LogP contribution in [0.2, 0.25) is 0 Å². The van der Waals surface area contributed by atoms with Crippen LogP contribution in [-0.2, 0) is 20.7 Å². The summed E-state index contributed by atoms with van der Waals surface area (Å²) in [5.41, 5.74) is 4.31. The second kappa shape index (κ2) is 8.11. The molecular formula is C23H30N2O4. The van der Waals surface area contributed by atoms with Crippen LogP contribution in [0, 0.1) is 11.8 Å². The SMILES string of the molecule is CCCc1c([C@H]2C[C@H]3C(C(=O)OC)=CO[C@H](C)C3CN2)[nH]c2cc(OC)ccc12. The third-order valence-electron chi connectivity index (χ3n) is 6.43. The van der Waals surface area contributed by atoms with Crippen molar-refractivity contribution in [3.8, 4) is 5.75 Å². The fraction of sp³-hybridized carbons (Fsp3) is 0.522. The van der Waals surface area contributed by atoms with Crippen molar-refractivity contribution in [3.05, 3.63) is 41.3 Å². The maximum absolute atomic E-state index is 12.3. The number of rotatable bonds is 5. The third kappa shape index (κ3) is 3.50. The molecule has 4 rings (SSSR count). The fourth-order valence-electron chi connectivity index (χ4n) is 4.89. The Hall–Kier alpha value is -2.47. The van der Waals surface area contributed by atoms with Crippen molar-refractivity contribution in [1.29, 1.82) is 0 Å². The van der Waals surface area contributed by atoms with Gasteiger partial charge in [-0.15, -0.1) is 0 Å². The Morgan fingerprint density at radius 2 is 2.14 bits per heavy atom. The Bertz CT molecular complexity index is 932. The maximum atomic E-state index is 12.3. The summed E-state index contributed by atoms with van der Waals surface area (Å²) < 4.78 is 16.2. The largest absolute Gasteiger partial charge is 0.497 e. The van der Waals surface area contributed by atoms with Crippen LogP contribution < -0.4 is 10.1 Å². The molecule has 6 nitrogen and oxygen atoms in total. The minimum absolute atomic E-state index is 0.0731. The van der Waals surface area contributed by atoms with Gasteiger partial charge in [-0.25, -0.2) is 4.79 Å². The number of aromatic nitrogens is 1. The van der Waals surface area contributed by atoms with E-state index in [0.717, 1.165) is 37.1 Å². The summed E-state index contributed by atoms with van der Waals surface area (Å²) in [5.74, 6) is 0.930. The van der Waals surface area contributed by atoms with Gasteiger partial charge in [-0.3, -0.25) is 0 Å². The molecule has 4 atom stereocenters. The first kappa shape index (κ1) is 19.8. The number of H-pyrrole nitrogens is 1. The van der Waals surface area contributed by atoms with Gasteiger partial charge in [0.05, 0.1) is 32.2 Å². The van der Waals surface area contributed by atoms with Gasteiger partial charge in [0.15, 0.2) is 0 Å². The lowest BCUT2D eigenvalue weighted by molar-refractivity contribution is -0.138. The Balaban J connectivity index is 1.70. The van der Waals surface area contributed by atoms with Crippen molar-refractivity contribution in [3.63, 3.8) is 0 Å². The van der Waals surface area contributed by atoms with Gasteiger partial charge in [-0.1, -0.05) is 13.3 Å². The molecule has 2 N–H and O–H groups in total. The average molecular weight is 399 g/mol. The number of benzene rings is 1. The van der Waals surface area contributed by atoms with Crippen LogP contribution in [0.25, 0.3) is 10.9 Å². The van der Waals surface area contributed by atoms with E-state index in [0.29, 0.717) is 5.57 Å². The highest BCUT2D eigenvalue weighted by molar-refractivity contribution is 5.89.